The van der Waals surface area contributed by atoms with E-state index in [1.807, 2.05) is 6.07 Å². The van der Waals surface area contributed by atoms with Gasteiger partial charge in [-0.1, -0.05) is 43.7 Å². The van der Waals surface area contributed by atoms with E-state index in [1.54, 1.807) is 6.07 Å². The predicted molar refractivity (Wildman–Crippen MR) is 83.3 cm³/mol. The first kappa shape index (κ1) is 14.7. The van der Waals surface area contributed by atoms with Crippen molar-refractivity contribution >= 4 is 0 Å². The molecule has 0 fully saturated rings. The molecule has 0 saturated heterocycles. The highest BCUT2D eigenvalue weighted by molar-refractivity contribution is 5.71. The van der Waals surface area contributed by atoms with Crippen LogP contribution in [0.3, 0.4) is 0 Å². The smallest absolute Gasteiger partial charge is 0.123 e. The fourth-order valence-electron chi connectivity index (χ4n) is 2.40. The van der Waals surface area contributed by atoms with Crippen LogP contribution >= 0.6 is 0 Å². The van der Waals surface area contributed by atoms with E-state index >= 15 is 0 Å². The molecule has 20 heavy (non-hydrogen) atoms. The molecule has 0 aliphatic heterocycles. The van der Waals surface area contributed by atoms with Gasteiger partial charge in [-0.2, -0.15) is 0 Å². The number of aryl methyl sites for hydroxylation is 2. The van der Waals surface area contributed by atoms with Crippen LogP contribution in [0.4, 0.5) is 4.39 Å². The first-order chi connectivity index (χ1) is 9.47. The van der Waals surface area contributed by atoms with Gasteiger partial charge in [0.05, 0.1) is 0 Å². The number of nitrogens with one attached hydrogen (secondary N) is 1. The number of hydrogen-bond acceptors (Lipinski definition) is 1. The monoisotopic (exact) mass is 271 g/mol. The van der Waals surface area contributed by atoms with Crippen LogP contribution in [-0.2, 0) is 6.54 Å². The van der Waals surface area contributed by atoms with Gasteiger partial charge in [0.15, 0.2) is 0 Å². The van der Waals surface area contributed by atoms with Crippen molar-refractivity contribution in [2.45, 2.75) is 40.3 Å². The van der Waals surface area contributed by atoms with Crippen molar-refractivity contribution in [3.05, 3.63) is 58.9 Å². The summed E-state index contributed by atoms with van der Waals surface area (Å²) in [5.41, 5.74) is 5.76. The molecule has 106 valence electrons. The van der Waals surface area contributed by atoms with Crippen LogP contribution in [0.2, 0.25) is 0 Å². The zero-order valence-corrected chi connectivity index (χ0v) is 12.6. The molecule has 0 aromatic heterocycles. The van der Waals surface area contributed by atoms with Gasteiger partial charge >= 0.3 is 0 Å². The molecule has 0 unspecified atom stereocenters. The number of halogens is 1. The van der Waals surface area contributed by atoms with Gasteiger partial charge < -0.3 is 5.32 Å². The summed E-state index contributed by atoms with van der Waals surface area (Å²) in [4.78, 5) is 0. The number of benzene rings is 2. The third-order valence-electron chi connectivity index (χ3n) is 3.44. The van der Waals surface area contributed by atoms with Crippen molar-refractivity contribution in [2.75, 3.05) is 0 Å². The Bertz CT molecular complexity index is 602. The second-order valence-electron chi connectivity index (χ2n) is 5.66. The van der Waals surface area contributed by atoms with Crippen molar-refractivity contribution in [1.29, 1.82) is 0 Å². The predicted octanol–water partition coefficient (Wildman–Crippen LogP) is 4.61. The van der Waals surface area contributed by atoms with Crippen LogP contribution in [0.15, 0.2) is 36.4 Å². The molecular weight excluding hydrogens is 249 g/mol. The van der Waals surface area contributed by atoms with E-state index in [0.29, 0.717) is 12.6 Å². The Kier molecular flexibility index (Phi) is 4.56. The minimum atomic E-state index is -0.181. The standard InChI is InChI=1S/C18H22FN/c1-12(2)20-11-15-10-16(19)6-8-18(15)17-7-5-13(3)9-14(17)4/h5-10,12,20H,11H2,1-4H3. The molecule has 2 aromatic carbocycles. The van der Waals surface area contributed by atoms with E-state index in [4.69, 9.17) is 0 Å². The van der Waals surface area contributed by atoms with Gasteiger partial charge in [-0.3, -0.25) is 0 Å². The van der Waals surface area contributed by atoms with E-state index < -0.39 is 0 Å². The summed E-state index contributed by atoms with van der Waals surface area (Å²) >= 11 is 0. The van der Waals surface area contributed by atoms with Gasteiger partial charge in [0, 0.05) is 12.6 Å². The Morgan fingerprint density at radius 2 is 1.70 bits per heavy atom. The lowest BCUT2D eigenvalue weighted by atomic mass is 9.94. The van der Waals surface area contributed by atoms with Crippen LogP contribution in [0.1, 0.15) is 30.5 Å². The topological polar surface area (TPSA) is 12.0 Å². The van der Waals surface area contributed by atoms with Crippen molar-refractivity contribution in [2.24, 2.45) is 0 Å². The lowest BCUT2D eigenvalue weighted by molar-refractivity contribution is 0.582. The van der Waals surface area contributed by atoms with Crippen LogP contribution in [0, 0.1) is 19.7 Å². The lowest BCUT2D eigenvalue weighted by Crippen LogP contribution is -2.22. The first-order valence-electron chi connectivity index (χ1n) is 7.07. The second-order valence-corrected chi connectivity index (χ2v) is 5.66. The number of rotatable bonds is 4. The van der Waals surface area contributed by atoms with Gasteiger partial charge in [-0.05, 0) is 48.2 Å². The Balaban J connectivity index is 2.44. The minimum Gasteiger partial charge on any atom is -0.310 e. The van der Waals surface area contributed by atoms with Gasteiger partial charge in [-0.15, -0.1) is 0 Å². The van der Waals surface area contributed by atoms with Gasteiger partial charge in [0.25, 0.3) is 0 Å². The molecule has 0 heterocycles. The molecule has 2 rings (SSSR count). The van der Waals surface area contributed by atoms with Crippen molar-refractivity contribution < 1.29 is 4.39 Å². The molecule has 0 aliphatic carbocycles. The second kappa shape index (κ2) is 6.19. The maximum Gasteiger partial charge on any atom is 0.123 e. The summed E-state index contributed by atoms with van der Waals surface area (Å²) in [6.07, 6.45) is 0. The quantitative estimate of drug-likeness (QED) is 0.856. The Hall–Kier alpha value is -1.67. The van der Waals surface area contributed by atoms with Crippen molar-refractivity contribution in [3.8, 4) is 11.1 Å². The van der Waals surface area contributed by atoms with Crippen LogP contribution < -0.4 is 5.32 Å². The molecular formula is C18H22FN. The molecule has 1 N–H and O–H groups in total. The highest BCUT2D eigenvalue weighted by atomic mass is 19.1. The molecule has 0 saturated carbocycles. The van der Waals surface area contributed by atoms with Crippen LogP contribution in [0.25, 0.3) is 11.1 Å². The third kappa shape index (κ3) is 3.45. The molecule has 0 bridgehead atoms. The molecule has 0 spiro atoms. The molecule has 2 heteroatoms. The zero-order valence-electron chi connectivity index (χ0n) is 12.6. The summed E-state index contributed by atoms with van der Waals surface area (Å²) in [6, 6.07) is 11.8. The lowest BCUT2D eigenvalue weighted by Gasteiger charge is -2.15. The SMILES string of the molecule is Cc1ccc(-c2ccc(F)cc2CNC(C)C)c(C)c1. The molecule has 0 amide bonds. The largest absolute Gasteiger partial charge is 0.310 e. The molecule has 0 radical (unpaired) electrons. The van der Waals surface area contributed by atoms with E-state index in [0.717, 1.165) is 11.1 Å². The molecule has 0 atom stereocenters. The Morgan fingerprint density at radius 3 is 2.35 bits per heavy atom. The molecule has 0 aliphatic rings. The maximum absolute atomic E-state index is 13.5. The Morgan fingerprint density at radius 1 is 1.00 bits per heavy atom. The van der Waals surface area contributed by atoms with E-state index in [9.17, 15) is 4.39 Å². The molecule has 2 aromatic rings. The molecule has 1 nitrogen and oxygen atoms in total. The fourth-order valence-corrected chi connectivity index (χ4v) is 2.40. The minimum absolute atomic E-state index is 0.181. The van der Waals surface area contributed by atoms with Crippen molar-refractivity contribution in [1.82, 2.24) is 5.32 Å². The van der Waals surface area contributed by atoms with E-state index in [-0.39, 0.29) is 5.82 Å². The van der Waals surface area contributed by atoms with Crippen LogP contribution in [-0.4, -0.2) is 6.04 Å². The van der Waals surface area contributed by atoms with Gasteiger partial charge in [-0.25, -0.2) is 4.39 Å². The average Bonchev–Trinajstić information content (AvgIpc) is 2.37. The maximum atomic E-state index is 13.5. The first-order valence-corrected chi connectivity index (χ1v) is 7.07. The van der Waals surface area contributed by atoms with Crippen molar-refractivity contribution in [3.63, 3.8) is 0 Å². The summed E-state index contributed by atoms with van der Waals surface area (Å²) < 4.78 is 13.5. The van der Waals surface area contributed by atoms with E-state index in [2.05, 4.69) is 51.2 Å². The number of hydrogen-bond donors (Lipinski definition) is 1. The summed E-state index contributed by atoms with van der Waals surface area (Å²) in [5.74, 6) is -0.181. The summed E-state index contributed by atoms with van der Waals surface area (Å²) in [5, 5.41) is 3.36. The summed E-state index contributed by atoms with van der Waals surface area (Å²) in [6.45, 7) is 9.05. The fraction of sp³-hybridized carbons (Fsp3) is 0.333. The summed E-state index contributed by atoms with van der Waals surface area (Å²) in [7, 11) is 0. The highest BCUT2D eigenvalue weighted by Crippen LogP contribution is 2.28. The van der Waals surface area contributed by atoms with Gasteiger partial charge in [0.1, 0.15) is 5.82 Å². The Labute approximate surface area is 120 Å². The van der Waals surface area contributed by atoms with E-state index in [1.165, 1.54) is 22.8 Å². The normalized spacial score (nSPS) is 11.1. The highest BCUT2D eigenvalue weighted by Gasteiger charge is 2.09. The zero-order chi connectivity index (χ0) is 14.7. The third-order valence-corrected chi connectivity index (χ3v) is 3.44. The average molecular weight is 271 g/mol. The van der Waals surface area contributed by atoms with Crippen LogP contribution in [0.5, 0.6) is 0 Å². The van der Waals surface area contributed by atoms with Gasteiger partial charge in [0.2, 0.25) is 0 Å².